The molecule has 0 aromatic heterocycles. The Bertz CT molecular complexity index is 291. The van der Waals surface area contributed by atoms with Crippen molar-refractivity contribution in [3.8, 4) is 0 Å². The lowest BCUT2D eigenvalue weighted by molar-refractivity contribution is -0.140. The number of aliphatic hydroxyl groups is 1. The molecule has 4 heteroatoms. The first kappa shape index (κ1) is 12.8. The van der Waals surface area contributed by atoms with Gasteiger partial charge in [-0.15, -0.1) is 0 Å². The molecule has 0 heterocycles. The molecule has 2 fully saturated rings. The minimum Gasteiger partial charge on any atom is -0.395 e. The Balaban J connectivity index is 2.05. The van der Waals surface area contributed by atoms with Gasteiger partial charge >= 0.3 is 0 Å². The molecule has 2 atom stereocenters. The van der Waals surface area contributed by atoms with E-state index < -0.39 is 5.54 Å². The average Bonchev–Trinajstić information content (AvgIpc) is 3.08. The summed E-state index contributed by atoms with van der Waals surface area (Å²) in [5.41, 5.74) is 5.65. The Morgan fingerprint density at radius 1 is 1.47 bits per heavy atom. The van der Waals surface area contributed by atoms with E-state index in [0.29, 0.717) is 18.5 Å². The molecule has 4 nitrogen and oxygen atoms in total. The van der Waals surface area contributed by atoms with Crippen molar-refractivity contribution < 1.29 is 9.90 Å². The second kappa shape index (κ2) is 4.94. The van der Waals surface area contributed by atoms with Crippen molar-refractivity contribution >= 4 is 5.91 Å². The van der Waals surface area contributed by atoms with Crippen molar-refractivity contribution in [1.82, 2.24) is 4.90 Å². The minimum atomic E-state index is -0.671. The number of carbonyl (C=O) groups excluding carboxylic acids is 1. The zero-order valence-electron chi connectivity index (χ0n) is 10.7. The summed E-state index contributed by atoms with van der Waals surface area (Å²) in [7, 11) is 0. The number of aliphatic hydroxyl groups excluding tert-OH is 1. The summed E-state index contributed by atoms with van der Waals surface area (Å²) in [6.07, 6.45) is 5.94. The van der Waals surface area contributed by atoms with Gasteiger partial charge in [0.1, 0.15) is 0 Å². The van der Waals surface area contributed by atoms with Crippen molar-refractivity contribution in [1.29, 1.82) is 0 Å². The Kier molecular flexibility index (Phi) is 3.73. The third kappa shape index (κ3) is 2.80. The number of rotatable bonds is 4. The van der Waals surface area contributed by atoms with Crippen molar-refractivity contribution in [2.75, 3.05) is 13.2 Å². The van der Waals surface area contributed by atoms with Gasteiger partial charge in [-0.2, -0.15) is 0 Å². The molecule has 0 bridgehead atoms. The lowest BCUT2D eigenvalue weighted by Crippen LogP contribution is -2.58. The fourth-order valence-corrected chi connectivity index (χ4v) is 3.02. The van der Waals surface area contributed by atoms with Gasteiger partial charge in [0, 0.05) is 12.6 Å². The zero-order chi connectivity index (χ0) is 12.5. The van der Waals surface area contributed by atoms with E-state index >= 15 is 0 Å². The van der Waals surface area contributed by atoms with Gasteiger partial charge in [-0.05, 0) is 31.6 Å². The van der Waals surface area contributed by atoms with E-state index in [1.807, 2.05) is 4.90 Å². The molecular formula is C13H24N2O2. The van der Waals surface area contributed by atoms with E-state index in [2.05, 4.69) is 6.92 Å². The van der Waals surface area contributed by atoms with Crippen molar-refractivity contribution in [2.45, 2.75) is 57.0 Å². The van der Waals surface area contributed by atoms with E-state index in [4.69, 9.17) is 10.8 Å². The van der Waals surface area contributed by atoms with Crippen LogP contribution in [0, 0.1) is 5.92 Å². The number of hydrogen-bond acceptors (Lipinski definition) is 3. The van der Waals surface area contributed by atoms with Crippen LogP contribution in [0.2, 0.25) is 0 Å². The maximum atomic E-state index is 12.5. The molecular weight excluding hydrogens is 216 g/mol. The van der Waals surface area contributed by atoms with Gasteiger partial charge in [-0.25, -0.2) is 0 Å². The topological polar surface area (TPSA) is 66.6 Å². The number of nitrogens with zero attached hydrogens (tertiary/aromatic N) is 1. The molecule has 98 valence electrons. The summed E-state index contributed by atoms with van der Waals surface area (Å²) < 4.78 is 0. The first-order chi connectivity index (χ1) is 8.07. The molecule has 2 aliphatic rings. The van der Waals surface area contributed by atoms with E-state index in [9.17, 15) is 4.79 Å². The maximum Gasteiger partial charge on any atom is 0.242 e. The normalized spacial score (nSPS) is 33.5. The Morgan fingerprint density at radius 2 is 2.18 bits per heavy atom. The zero-order valence-corrected chi connectivity index (χ0v) is 10.7. The Morgan fingerprint density at radius 3 is 2.71 bits per heavy atom. The highest BCUT2D eigenvalue weighted by atomic mass is 16.3. The number of carbonyl (C=O) groups is 1. The highest BCUT2D eigenvalue weighted by Gasteiger charge is 2.44. The lowest BCUT2D eigenvalue weighted by Gasteiger charge is -2.39. The van der Waals surface area contributed by atoms with Gasteiger partial charge in [0.15, 0.2) is 0 Å². The van der Waals surface area contributed by atoms with Gasteiger partial charge in [0.05, 0.1) is 12.1 Å². The van der Waals surface area contributed by atoms with Crippen LogP contribution in [0.1, 0.15) is 45.4 Å². The van der Waals surface area contributed by atoms with Crippen LogP contribution in [0.15, 0.2) is 0 Å². The van der Waals surface area contributed by atoms with Crippen molar-refractivity contribution in [3.63, 3.8) is 0 Å². The maximum absolute atomic E-state index is 12.5. The number of hydrogen-bond donors (Lipinski definition) is 2. The summed E-state index contributed by atoms with van der Waals surface area (Å²) in [4.78, 5) is 14.3. The predicted octanol–water partition coefficient (Wildman–Crippen LogP) is 0.877. The highest BCUT2D eigenvalue weighted by molar-refractivity contribution is 5.86. The Hall–Kier alpha value is -0.610. The summed E-state index contributed by atoms with van der Waals surface area (Å²) in [6, 6.07) is 0.340. The Labute approximate surface area is 103 Å². The fourth-order valence-electron chi connectivity index (χ4n) is 3.02. The molecule has 3 N–H and O–H groups in total. The second-order valence-electron chi connectivity index (χ2n) is 5.81. The number of nitrogens with two attached hydrogens (primary N) is 1. The largest absolute Gasteiger partial charge is 0.395 e. The van der Waals surface area contributed by atoms with Crippen LogP contribution in [0.25, 0.3) is 0 Å². The van der Waals surface area contributed by atoms with Crippen LogP contribution >= 0.6 is 0 Å². The highest BCUT2D eigenvalue weighted by Crippen LogP contribution is 2.35. The lowest BCUT2D eigenvalue weighted by atomic mass is 9.76. The smallest absolute Gasteiger partial charge is 0.242 e. The predicted molar refractivity (Wildman–Crippen MR) is 66.4 cm³/mol. The molecule has 17 heavy (non-hydrogen) atoms. The van der Waals surface area contributed by atoms with E-state index in [1.165, 1.54) is 6.42 Å². The summed E-state index contributed by atoms with van der Waals surface area (Å²) in [5.74, 6) is 0.605. The van der Waals surface area contributed by atoms with E-state index in [0.717, 1.165) is 32.1 Å². The minimum absolute atomic E-state index is 0.0356. The summed E-state index contributed by atoms with van der Waals surface area (Å²) in [6.45, 7) is 2.65. The van der Waals surface area contributed by atoms with E-state index in [-0.39, 0.29) is 12.5 Å². The van der Waals surface area contributed by atoms with Gasteiger partial charge in [-0.1, -0.05) is 19.8 Å². The second-order valence-corrected chi connectivity index (χ2v) is 5.81. The molecule has 0 aromatic carbocycles. The van der Waals surface area contributed by atoms with Crippen LogP contribution in [-0.2, 0) is 4.79 Å². The number of amides is 1. The standard InChI is InChI=1S/C13H24N2O2/c1-10-3-2-6-13(14,9-10)12(17)15(7-8-16)11-4-5-11/h10-11,16H,2-9,14H2,1H3. The van der Waals surface area contributed by atoms with Crippen LogP contribution in [-0.4, -0.2) is 40.6 Å². The van der Waals surface area contributed by atoms with Crippen LogP contribution < -0.4 is 5.73 Å². The molecule has 0 saturated heterocycles. The van der Waals surface area contributed by atoms with E-state index in [1.54, 1.807) is 0 Å². The summed E-state index contributed by atoms with van der Waals surface area (Å²) in [5, 5.41) is 9.06. The van der Waals surface area contributed by atoms with Gasteiger partial charge in [0.2, 0.25) is 5.91 Å². The first-order valence-electron chi connectivity index (χ1n) is 6.77. The molecule has 0 radical (unpaired) electrons. The molecule has 2 unspecified atom stereocenters. The summed E-state index contributed by atoms with van der Waals surface area (Å²) >= 11 is 0. The average molecular weight is 240 g/mol. The molecule has 2 saturated carbocycles. The molecule has 1 amide bonds. The van der Waals surface area contributed by atoms with Gasteiger partial charge < -0.3 is 15.7 Å². The van der Waals surface area contributed by atoms with Crippen LogP contribution in [0.5, 0.6) is 0 Å². The quantitative estimate of drug-likeness (QED) is 0.766. The third-order valence-corrected chi connectivity index (χ3v) is 4.05. The monoisotopic (exact) mass is 240 g/mol. The molecule has 0 spiro atoms. The molecule has 0 aromatic rings. The SMILES string of the molecule is CC1CCCC(N)(C(=O)N(CCO)C2CC2)C1. The van der Waals surface area contributed by atoms with Gasteiger partial charge in [0.25, 0.3) is 0 Å². The molecule has 2 rings (SSSR count). The van der Waals surface area contributed by atoms with Crippen LogP contribution in [0.3, 0.4) is 0 Å². The third-order valence-electron chi connectivity index (χ3n) is 4.05. The van der Waals surface area contributed by atoms with Crippen LogP contribution in [0.4, 0.5) is 0 Å². The van der Waals surface area contributed by atoms with Crippen molar-refractivity contribution in [3.05, 3.63) is 0 Å². The first-order valence-corrected chi connectivity index (χ1v) is 6.77. The fraction of sp³-hybridized carbons (Fsp3) is 0.923. The molecule has 0 aliphatic heterocycles. The van der Waals surface area contributed by atoms with Gasteiger partial charge in [-0.3, -0.25) is 4.79 Å². The molecule has 2 aliphatic carbocycles. The van der Waals surface area contributed by atoms with Crippen molar-refractivity contribution in [2.24, 2.45) is 11.7 Å².